The van der Waals surface area contributed by atoms with Crippen molar-refractivity contribution in [3.05, 3.63) is 46.2 Å². The van der Waals surface area contributed by atoms with Crippen LogP contribution in [0.5, 0.6) is 0 Å². The predicted molar refractivity (Wildman–Crippen MR) is 102 cm³/mol. The van der Waals surface area contributed by atoms with Crippen LogP contribution in [-0.2, 0) is 0 Å². The largest absolute Gasteiger partial charge is 0.387 e. The van der Waals surface area contributed by atoms with Crippen LogP contribution in [-0.4, -0.2) is 45.6 Å². The number of aliphatic hydroxyl groups is 1. The Hall–Kier alpha value is -1.67. The molecule has 1 aromatic heterocycles. The quantitative estimate of drug-likeness (QED) is 0.715. The highest BCUT2D eigenvalue weighted by molar-refractivity contribution is 6.30. The molecule has 0 aliphatic carbocycles. The Morgan fingerprint density at radius 2 is 2.04 bits per heavy atom. The van der Waals surface area contributed by atoms with Crippen molar-refractivity contribution in [3.8, 4) is 0 Å². The Morgan fingerprint density at radius 1 is 1.38 bits per heavy atom. The van der Waals surface area contributed by atoms with Crippen LogP contribution in [0, 0.1) is 6.92 Å². The predicted octanol–water partition coefficient (Wildman–Crippen LogP) is 2.05. The van der Waals surface area contributed by atoms with Gasteiger partial charge in [0.2, 0.25) is 0 Å². The van der Waals surface area contributed by atoms with Crippen LogP contribution in [0.4, 0.5) is 0 Å². The third-order valence-electron chi connectivity index (χ3n) is 4.51. The average Bonchev–Trinajstić information content (AvgIpc) is 3.02. The number of rotatable bonds is 5. The van der Waals surface area contributed by atoms with Crippen molar-refractivity contribution < 1.29 is 9.90 Å². The van der Waals surface area contributed by atoms with Crippen LogP contribution in [0.1, 0.15) is 46.7 Å². The van der Waals surface area contributed by atoms with Gasteiger partial charge in [-0.1, -0.05) is 28.9 Å². The van der Waals surface area contributed by atoms with Crippen molar-refractivity contribution >= 4 is 29.9 Å². The number of carbonyl (C=O) groups excluding carboxylic acids is 1. The molecule has 0 spiro atoms. The summed E-state index contributed by atoms with van der Waals surface area (Å²) >= 11 is 5.83. The van der Waals surface area contributed by atoms with Gasteiger partial charge in [0.25, 0.3) is 5.91 Å². The van der Waals surface area contributed by atoms with Crippen LogP contribution in [0.2, 0.25) is 5.02 Å². The summed E-state index contributed by atoms with van der Waals surface area (Å²) in [5.41, 5.74) is 1.76. The second-order valence-electron chi connectivity index (χ2n) is 6.23. The lowest BCUT2D eigenvalue weighted by Crippen LogP contribution is -2.31. The summed E-state index contributed by atoms with van der Waals surface area (Å²) in [5.74, 6) is -0.328. The lowest BCUT2D eigenvalue weighted by Gasteiger charge is -2.23. The maximum Gasteiger partial charge on any atom is 0.273 e. The summed E-state index contributed by atoms with van der Waals surface area (Å²) in [4.78, 5) is 12.4. The first-order valence-electron chi connectivity index (χ1n) is 8.40. The number of aromatic nitrogens is 3. The van der Waals surface area contributed by atoms with Gasteiger partial charge in [-0.3, -0.25) is 4.79 Å². The smallest absolute Gasteiger partial charge is 0.273 e. The second kappa shape index (κ2) is 9.32. The zero-order valence-electron chi connectivity index (χ0n) is 14.5. The van der Waals surface area contributed by atoms with E-state index in [1.807, 2.05) is 11.6 Å². The molecule has 7 nitrogen and oxygen atoms in total. The van der Waals surface area contributed by atoms with E-state index in [1.54, 1.807) is 24.3 Å². The Kier molecular flexibility index (Phi) is 7.40. The van der Waals surface area contributed by atoms with Crippen molar-refractivity contribution in [2.45, 2.75) is 31.9 Å². The highest BCUT2D eigenvalue weighted by Gasteiger charge is 2.23. The summed E-state index contributed by atoms with van der Waals surface area (Å²) in [7, 11) is 0. The number of carbonyl (C=O) groups is 1. The summed E-state index contributed by atoms with van der Waals surface area (Å²) in [5, 5.41) is 25.0. The monoisotopic (exact) mass is 399 g/mol. The van der Waals surface area contributed by atoms with E-state index in [0.717, 1.165) is 31.6 Å². The fraction of sp³-hybridized carbons (Fsp3) is 0.471. The average molecular weight is 400 g/mol. The Balaban J connectivity index is 0.00000243. The molecule has 1 aliphatic heterocycles. The summed E-state index contributed by atoms with van der Waals surface area (Å²) in [6, 6.07) is 7.15. The number of aliphatic hydroxyl groups excluding tert-OH is 1. The van der Waals surface area contributed by atoms with Crippen molar-refractivity contribution in [1.82, 2.24) is 25.6 Å². The summed E-state index contributed by atoms with van der Waals surface area (Å²) in [6.07, 6.45) is 1.14. The number of nitrogens with one attached hydrogen (secondary N) is 2. The van der Waals surface area contributed by atoms with Crippen molar-refractivity contribution in [3.63, 3.8) is 0 Å². The molecule has 1 amide bonds. The van der Waals surface area contributed by atoms with E-state index in [4.69, 9.17) is 11.6 Å². The first-order chi connectivity index (χ1) is 12.1. The van der Waals surface area contributed by atoms with Crippen LogP contribution in [0.25, 0.3) is 0 Å². The van der Waals surface area contributed by atoms with Gasteiger partial charge in [-0.2, -0.15) is 0 Å². The molecule has 1 unspecified atom stereocenters. The summed E-state index contributed by atoms with van der Waals surface area (Å²) < 4.78 is 1.84. The Labute approximate surface area is 163 Å². The molecule has 0 saturated carbocycles. The number of hydrogen-bond acceptors (Lipinski definition) is 5. The molecule has 1 aliphatic rings. The highest BCUT2D eigenvalue weighted by Crippen LogP contribution is 2.20. The number of halogens is 2. The molecule has 2 aromatic rings. The van der Waals surface area contributed by atoms with E-state index in [9.17, 15) is 9.90 Å². The lowest BCUT2D eigenvalue weighted by atomic mass is 10.1. The van der Waals surface area contributed by atoms with Gasteiger partial charge < -0.3 is 15.7 Å². The normalized spacial score (nSPS) is 16.0. The van der Waals surface area contributed by atoms with Crippen molar-refractivity contribution in [2.24, 2.45) is 0 Å². The first-order valence-corrected chi connectivity index (χ1v) is 8.78. The van der Waals surface area contributed by atoms with Crippen molar-refractivity contribution in [1.29, 1.82) is 0 Å². The zero-order chi connectivity index (χ0) is 17.8. The minimum Gasteiger partial charge on any atom is -0.387 e. The van der Waals surface area contributed by atoms with Gasteiger partial charge in [0.05, 0.1) is 17.8 Å². The van der Waals surface area contributed by atoms with Gasteiger partial charge in [0, 0.05) is 11.6 Å². The molecule has 1 aromatic carbocycles. The third-order valence-corrected chi connectivity index (χ3v) is 4.76. The van der Waals surface area contributed by atoms with E-state index in [-0.39, 0.29) is 30.9 Å². The molecular formula is C17H23Cl2N5O2. The SMILES string of the molecule is Cc1c(C(=O)NCC(O)c2ccc(Cl)cc2)nnn1C1CCNCC1.Cl. The maximum absolute atomic E-state index is 12.4. The van der Waals surface area contributed by atoms with Gasteiger partial charge in [-0.05, 0) is 50.6 Å². The molecule has 9 heteroatoms. The molecule has 1 atom stereocenters. The van der Waals surface area contributed by atoms with Crippen LogP contribution < -0.4 is 10.6 Å². The molecule has 2 heterocycles. The molecule has 1 saturated heterocycles. The molecule has 0 bridgehead atoms. The van der Waals surface area contributed by atoms with Gasteiger partial charge in [-0.25, -0.2) is 4.68 Å². The number of piperidine rings is 1. The van der Waals surface area contributed by atoms with Crippen molar-refractivity contribution in [2.75, 3.05) is 19.6 Å². The maximum atomic E-state index is 12.4. The van der Waals surface area contributed by atoms with Gasteiger partial charge in [0.15, 0.2) is 5.69 Å². The second-order valence-corrected chi connectivity index (χ2v) is 6.66. The fourth-order valence-corrected chi connectivity index (χ4v) is 3.15. The molecule has 3 rings (SSSR count). The minimum atomic E-state index is -0.805. The Bertz CT molecular complexity index is 729. The van der Waals surface area contributed by atoms with E-state index < -0.39 is 6.10 Å². The summed E-state index contributed by atoms with van der Waals surface area (Å²) in [6.45, 7) is 3.84. The topological polar surface area (TPSA) is 92.1 Å². The number of nitrogens with zero attached hydrogens (tertiary/aromatic N) is 3. The third kappa shape index (κ3) is 4.73. The first kappa shape index (κ1) is 20.6. The minimum absolute atomic E-state index is 0. The van der Waals surface area contributed by atoms with E-state index >= 15 is 0 Å². The molecule has 142 valence electrons. The van der Waals surface area contributed by atoms with Crippen LogP contribution in [0.3, 0.4) is 0 Å². The standard InChI is InChI=1S/C17H22ClN5O2.ClH/c1-11-16(21-22-23(11)14-6-8-19-9-7-14)17(25)20-10-15(24)12-2-4-13(18)5-3-12;/h2-5,14-15,19,24H,6-10H2,1H3,(H,20,25);1H. The molecule has 0 radical (unpaired) electrons. The molecular weight excluding hydrogens is 377 g/mol. The van der Waals surface area contributed by atoms with Gasteiger partial charge in [-0.15, -0.1) is 17.5 Å². The lowest BCUT2D eigenvalue weighted by molar-refractivity contribution is 0.0910. The Morgan fingerprint density at radius 3 is 2.69 bits per heavy atom. The zero-order valence-corrected chi connectivity index (χ0v) is 16.1. The molecule has 3 N–H and O–H groups in total. The highest BCUT2D eigenvalue weighted by atomic mass is 35.5. The molecule has 1 fully saturated rings. The van der Waals surface area contributed by atoms with E-state index in [2.05, 4.69) is 20.9 Å². The number of hydrogen-bond donors (Lipinski definition) is 3. The van der Waals surface area contributed by atoms with E-state index in [0.29, 0.717) is 16.3 Å². The number of benzene rings is 1. The van der Waals surface area contributed by atoms with Gasteiger partial charge >= 0.3 is 0 Å². The van der Waals surface area contributed by atoms with Gasteiger partial charge in [0.1, 0.15) is 0 Å². The molecule has 26 heavy (non-hydrogen) atoms. The number of amides is 1. The van der Waals surface area contributed by atoms with E-state index in [1.165, 1.54) is 0 Å². The fourth-order valence-electron chi connectivity index (χ4n) is 3.02. The van der Waals surface area contributed by atoms with Crippen LogP contribution in [0.15, 0.2) is 24.3 Å². The van der Waals surface area contributed by atoms with Crippen LogP contribution >= 0.6 is 24.0 Å².